The van der Waals surface area contributed by atoms with Gasteiger partial charge in [0.1, 0.15) is 5.82 Å². The van der Waals surface area contributed by atoms with Crippen LogP contribution in [-0.4, -0.2) is 19.6 Å². The van der Waals surface area contributed by atoms with E-state index in [-0.39, 0.29) is 29.8 Å². The first-order valence-electron chi connectivity index (χ1n) is 6.37. The molecule has 0 saturated carbocycles. The minimum Gasteiger partial charge on any atom is -0.356 e. The lowest BCUT2D eigenvalue weighted by Gasteiger charge is -2.11. The smallest absolute Gasteiger partial charge is 0.191 e. The van der Waals surface area contributed by atoms with Crippen LogP contribution in [-0.2, 0) is 6.54 Å². The maximum Gasteiger partial charge on any atom is 0.191 e. The Morgan fingerprint density at radius 3 is 2.63 bits per heavy atom. The minimum atomic E-state index is -0.164. The van der Waals surface area contributed by atoms with Crippen LogP contribution < -0.4 is 10.6 Å². The topological polar surface area (TPSA) is 36.4 Å². The van der Waals surface area contributed by atoms with Crippen LogP contribution in [0.15, 0.2) is 23.2 Å². The van der Waals surface area contributed by atoms with Gasteiger partial charge in [-0.2, -0.15) is 0 Å². The Balaban J connectivity index is 0.00000324. The summed E-state index contributed by atoms with van der Waals surface area (Å²) in [5, 5.41) is 6.38. The standard InChI is InChI=1S/C14H22FN3.HI/c1-4-5-8-17-14(16-3)18-10-12-7-6-11(2)13(15)9-12;/h6-7,9H,4-5,8,10H2,1-3H3,(H2,16,17,18);1H. The molecule has 0 fully saturated rings. The highest BCUT2D eigenvalue weighted by molar-refractivity contribution is 14.0. The molecule has 0 heterocycles. The van der Waals surface area contributed by atoms with Crippen LogP contribution in [0.5, 0.6) is 0 Å². The van der Waals surface area contributed by atoms with Gasteiger partial charge in [-0.1, -0.05) is 25.5 Å². The summed E-state index contributed by atoms with van der Waals surface area (Å²) in [6.45, 7) is 5.38. The van der Waals surface area contributed by atoms with Gasteiger partial charge < -0.3 is 10.6 Å². The van der Waals surface area contributed by atoms with E-state index < -0.39 is 0 Å². The van der Waals surface area contributed by atoms with Crippen molar-refractivity contribution in [3.63, 3.8) is 0 Å². The van der Waals surface area contributed by atoms with Crippen molar-refractivity contribution in [2.24, 2.45) is 4.99 Å². The van der Waals surface area contributed by atoms with Crippen LogP contribution in [0.3, 0.4) is 0 Å². The van der Waals surface area contributed by atoms with Crippen molar-refractivity contribution in [2.75, 3.05) is 13.6 Å². The summed E-state index contributed by atoms with van der Waals surface area (Å²) >= 11 is 0. The zero-order valence-electron chi connectivity index (χ0n) is 11.8. The predicted molar refractivity (Wildman–Crippen MR) is 89.7 cm³/mol. The number of hydrogen-bond donors (Lipinski definition) is 2. The molecule has 1 aromatic carbocycles. The van der Waals surface area contributed by atoms with E-state index in [0.29, 0.717) is 12.1 Å². The van der Waals surface area contributed by atoms with Gasteiger partial charge in [-0.05, 0) is 30.5 Å². The van der Waals surface area contributed by atoms with Crippen LogP contribution in [0, 0.1) is 12.7 Å². The average molecular weight is 379 g/mol. The summed E-state index contributed by atoms with van der Waals surface area (Å²) in [6, 6.07) is 5.27. The van der Waals surface area contributed by atoms with Gasteiger partial charge in [-0.3, -0.25) is 4.99 Å². The molecule has 1 aromatic rings. The lowest BCUT2D eigenvalue weighted by atomic mass is 10.1. The fourth-order valence-electron chi connectivity index (χ4n) is 1.54. The molecule has 0 aromatic heterocycles. The van der Waals surface area contributed by atoms with Crippen molar-refractivity contribution in [1.29, 1.82) is 0 Å². The second-order valence-corrected chi connectivity index (χ2v) is 4.29. The van der Waals surface area contributed by atoms with Crippen molar-refractivity contribution in [3.05, 3.63) is 35.1 Å². The molecule has 1 rings (SSSR count). The minimum absolute atomic E-state index is 0. The van der Waals surface area contributed by atoms with Crippen molar-refractivity contribution < 1.29 is 4.39 Å². The number of aliphatic imine (C=N–C) groups is 1. The van der Waals surface area contributed by atoms with E-state index in [2.05, 4.69) is 22.5 Å². The van der Waals surface area contributed by atoms with Crippen molar-refractivity contribution in [1.82, 2.24) is 10.6 Å². The monoisotopic (exact) mass is 379 g/mol. The lowest BCUT2D eigenvalue weighted by Crippen LogP contribution is -2.37. The van der Waals surface area contributed by atoms with Gasteiger partial charge in [0, 0.05) is 20.1 Å². The number of nitrogens with zero attached hydrogens (tertiary/aromatic N) is 1. The van der Waals surface area contributed by atoms with E-state index in [4.69, 9.17) is 0 Å². The third-order valence-electron chi connectivity index (χ3n) is 2.74. The molecule has 0 atom stereocenters. The molecule has 0 aliphatic rings. The quantitative estimate of drug-likeness (QED) is 0.357. The van der Waals surface area contributed by atoms with Crippen molar-refractivity contribution in [2.45, 2.75) is 33.2 Å². The third-order valence-corrected chi connectivity index (χ3v) is 2.74. The Morgan fingerprint density at radius 2 is 2.05 bits per heavy atom. The second-order valence-electron chi connectivity index (χ2n) is 4.29. The van der Waals surface area contributed by atoms with Gasteiger partial charge in [-0.15, -0.1) is 24.0 Å². The van der Waals surface area contributed by atoms with E-state index in [0.717, 1.165) is 30.9 Å². The summed E-state index contributed by atoms with van der Waals surface area (Å²) in [6.07, 6.45) is 2.26. The van der Waals surface area contributed by atoms with Gasteiger partial charge in [0.15, 0.2) is 5.96 Å². The summed E-state index contributed by atoms with van der Waals surface area (Å²) in [7, 11) is 1.73. The average Bonchev–Trinajstić information content (AvgIpc) is 2.37. The Kier molecular flexibility index (Phi) is 9.55. The fourth-order valence-corrected chi connectivity index (χ4v) is 1.54. The molecule has 2 N–H and O–H groups in total. The van der Waals surface area contributed by atoms with E-state index in [1.54, 1.807) is 26.1 Å². The molecule has 108 valence electrons. The van der Waals surface area contributed by atoms with Gasteiger partial charge in [0.2, 0.25) is 0 Å². The number of unbranched alkanes of at least 4 members (excludes halogenated alkanes) is 1. The number of nitrogens with one attached hydrogen (secondary N) is 2. The molecule has 0 aliphatic carbocycles. The first-order valence-corrected chi connectivity index (χ1v) is 6.37. The first kappa shape index (κ1) is 18.1. The summed E-state index contributed by atoms with van der Waals surface area (Å²) in [5.74, 6) is 0.590. The predicted octanol–water partition coefficient (Wildman–Crippen LogP) is 3.22. The molecule has 0 unspecified atom stereocenters. The number of rotatable bonds is 5. The summed E-state index contributed by atoms with van der Waals surface area (Å²) in [4.78, 5) is 4.12. The van der Waals surface area contributed by atoms with Crippen molar-refractivity contribution >= 4 is 29.9 Å². The van der Waals surface area contributed by atoms with Gasteiger partial charge in [-0.25, -0.2) is 4.39 Å². The molecule has 0 saturated heterocycles. The normalized spacial score (nSPS) is 10.8. The largest absolute Gasteiger partial charge is 0.356 e. The highest BCUT2D eigenvalue weighted by atomic mass is 127. The molecule has 5 heteroatoms. The van der Waals surface area contributed by atoms with Gasteiger partial charge in [0.25, 0.3) is 0 Å². The molecule has 19 heavy (non-hydrogen) atoms. The van der Waals surface area contributed by atoms with E-state index >= 15 is 0 Å². The van der Waals surface area contributed by atoms with Gasteiger partial charge >= 0.3 is 0 Å². The SMILES string of the molecule is CCCCNC(=NC)NCc1ccc(C)c(F)c1.I. The van der Waals surface area contributed by atoms with Crippen LogP contribution in [0.2, 0.25) is 0 Å². The van der Waals surface area contributed by atoms with Gasteiger partial charge in [0.05, 0.1) is 0 Å². The van der Waals surface area contributed by atoms with Crippen LogP contribution in [0.25, 0.3) is 0 Å². The maximum absolute atomic E-state index is 13.4. The lowest BCUT2D eigenvalue weighted by molar-refractivity contribution is 0.615. The second kappa shape index (κ2) is 10.00. The molecule has 3 nitrogen and oxygen atoms in total. The third kappa shape index (κ3) is 6.75. The summed E-state index contributed by atoms with van der Waals surface area (Å²) < 4.78 is 13.4. The molecular weight excluding hydrogens is 356 g/mol. The van der Waals surface area contributed by atoms with Crippen LogP contribution in [0.1, 0.15) is 30.9 Å². The molecule has 0 bridgehead atoms. The fraction of sp³-hybridized carbons (Fsp3) is 0.500. The number of aryl methyl sites for hydroxylation is 1. The maximum atomic E-state index is 13.4. The van der Waals surface area contributed by atoms with E-state index in [1.807, 2.05) is 6.07 Å². The first-order chi connectivity index (χ1) is 8.67. The molecule has 0 radical (unpaired) electrons. The van der Waals surface area contributed by atoms with Crippen LogP contribution >= 0.6 is 24.0 Å². The molecular formula is C14H23FIN3. The van der Waals surface area contributed by atoms with E-state index in [1.165, 1.54) is 0 Å². The Labute approximate surface area is 132 Å². The number of guanidine groups is 1. The zero-order valence-corrected chi connectivity index (χ0v) is 14.1. The number of halogens is 2. The number of hydrogen-bond acceptors (Lipinski definition) is 1. The highest BCUT2D eigenvalue weighted by Gasteiger charge is 2.01. The van der Waals surface area contributed by atoms with E-state index in [9.17, 15) is 4.39 Å². The molecule has 0 aliphatic heterocycles. The van der Waals surface area contributed by atoms with Crippen molar-refractivity contribution in [3.8, 4) is 0 Å². The number of benzene rings is 1. The van der Waals surface area contributed by atoms with Crippen LogP contribution in [0.4, 0.5) is 4.39 Å². The molecule has 0 amide bonds. The zero-order chi connectivity index (χ0) is 13.4. The Bertz CT molecular complexity index is 408. The summed E-state index contributed by atoms with van der Waals surface area (Å²) in [5.41, 5.74) is 1.58. The highest BCUT2D eigenvalue weighted by Crippen LogP contribution is 2.08. The Morgan fingerprint density at radius 1 is 1.32 bits per heavy atom. The molecule has 0 spiro atoms. The Hall–Kier alpha value is -0.850.